The monoisotopic (exact) mass is 603 g/mol. The van der Waals surface area contributed by atoms with E-state index in [4.69, 9.17) is 0 Å². The number of hydrogen-bond acceptors (Lipinski definition) is 5. The fraction of sp³-hybridized carbons (Fsp3) is 0.538. The molecular weight excluding hydrogens is 576 g/mol. The number of carbonyl (C=O) groups excluding carboxylic acids is 1. The van der Waals surface area contributed by atoms with Crippen LogP contribution in [0.15, 0.2) is 30.5 Å². The summed E-state index contributed by atoms with van der Waals surface area (Å²) >= 11 is 0. The summed E-state index contributed by atoms with van der Waals surface area (Å²) in [5.41, 5.74) is 0.608. The number of anilines is 1. The van der Waals surface area contributed by atoms with E-state index in [1.807, 2.05) is 4.68 Å². The van der Waals surface area contributed by atoms with Gasteiger partial charge in [-0.05, 0) is 50.2 Å². The molecule has 222 valence electrons. The van der Waals surface area contributed by atoms with E-state index in [1.54, 1.807) is 15.9 Å². The molecular formula is C26H28ClF6N7O. The maximum atomic E-state index is 13.8. The number of H-pyrrole nitrogens is 1. The fourth-order valence-corrected chi connectivity index (χ4v) is 5.97. The summed E-state index contributed by atoms with van der Waals surface area (Å²) in [5, 5.41) is 11.4. The Morgan fingerprint density at radius 3 is 2.24 bits per heavy atom. The van der Waals surface area contributed by atoms with Gasteiger partial charge in [0.25, 0.3) is 5.91 Å². The molecule has 41 heavy (non-hydrogen) atoms. The summed E-state index contributed by atoms with van der Waals surface area (Å²) in [5.74, 6) is -1.25. The van der Waals surface area contributed by atoms with Crippen LogP contribution < -0.4 is 4.90 Å². The molecule has 3 aliphatic rings. The predicted molar refractivity (Wildman–Crippen MR) is 138 cm³/mol. The van der Waals surface area contributed by atoms with Crippen LogP contribution in [0.4, 0.5) is 32.3 Å². The standard InChI is InChI=1S/C26H27F6N7O.ClH/c27-25(28,29)19-5-2-1-4-17(19)20-6-3-11-38(20)22(40)18-14-33-39(21(18)15-7-8-15)16-9-12-37(13-10-16)24-34-23(35-36-24)26(30,31)32;/h1-2,4-5,14-16,20H,3,6-13H2,(H,34,35,36);1H. The molecule has 6 rings (SSSR count). The summed E-state index contributed by atoms with van der Waals surface area (Å²) < 4.78 is 81.8. The van der Waals surface area contributed by atoms with E-state index in [2.05, 4.69) is 20.3 Å². The molecule has 2 aliphatic heterocycles. The second-order valence-corrected chi connectivity index (χ2v) is 10.6. The smallest absolute Gasteiger partial charge is 0.341 e. The SMILES string of the molecule is Cl.O=C(c1cnn(C2CCN(c3nnc(C(F)(F)F)[nH]3)CC2)c1C1CC1)N1CCCC1c1ccccc1C(F)(F)F. The van der Waals surface area contributed by atoms with Crippen LogP contribution in [0, 0.1) is 0 Å². The Kier molecular flexibility index (Phi) is 7.72. The number of hydrogen-bond donors (Lipinski definition) is 1. The number of piperidine rings is 1. The first kappa shape index (κ1) is 29.2. The number of alkyl halides is 6. The number of rotatable bonds is 5. The van der Waals surface area contributed by atoms with Crippen molar-refractivity contribution in [2.24, 2.45) is 0 Å². The molecule has 2 saturated heterocycles. The third kappa shape index (κ3) is 5.62. The zero-order valence-corrected chi connectivity index (χ0v) is 22.6. The molecule has 1 atom stereocenters. The molecule has 0 radical (unpaired) electrons. The quantitative estimate of drug-likeness (QED) is 0.354. The molecule has 0 spiro atoms. The van der Waals surface area contributed by atoms with E-state index < -0.39 is 29.8 Å². The van der Waals surface area contributed by atoms with Crippen LogP contribution >= 0.6 is 12.4 Å². The summed E-state index contributed by atoms with van der Waals surface area (Å²) in [6.07, 6.45) is -3.62. The van der Waals surface area contributed by atoms with Gasteiger partial charge in [-0.2, -0.15) is 31.4 Å². The van der Waals surface area contributed by atoms with Crippen molar-refractivity contribution in [3.8, 4) is 0 Å². The third-order valence-electron chi connectivity index (χ3n) is 8.02. The highest BCUT2D eigenvalue weighted by Gasteiger charge is 2.42. The minimum absolute atomic E-state index is 0. The average molecular weight is 604 g/mol. The molecule has 15 heteroatoms. The lowest BCUT2D eigenvalue weighted by molar-refractivity contribution is -0.144. The van der Waals surface area contributed by atoms with Crippen LogP contribution in [0.2, 0.25) is 0 Å². The molecule has 4 heterocycles. The molecule has 1 unspecified atom stereocenters. The number of nitrogens with one attached hydrogen (secondary N) is 1. The molecule has 3 aromatic rings. The Hall–Kier alpha value is -3.29. The normalized spacial score (nSPS) is 20.4. The summed E-state index contributed by atoms with van der Waals surface area (Å²) in [6, 6.07) is 4.68. The molecule has 1 N–H and O–H groups in total. The number of carbonyl (C=O) groups is 1. The van der Waals surface area contributed by atoms with Crippen molar-refractivity contribution in [3.63, 3.8) is 0 Å². The second kappa shape index (κ2) is 10.8. The van der Waals surface area contributed by atoms with Crippen molar-refractivity contribution in [1.82, 2.24) is 29.9 Å². The van der Waals surface area contributed by atoms with Gasteiger partial charge in [0.1, 0.15) is 0 Å². The summed E-state index contributed by atoms with van der Waals surface area (Å²) in [4.78, 5) is 19.3. The Labute approximate surface area is 237 Å². The number of aromatic amines is 1. The van der Waals surface area contributed by atoms with Gasteiger partial charge in [0, 0.05) is 25.6 Å². The van der Waals surface area contributed by atoms with Crippen molar-refractivity contribution in [2.75, 3.05) is 24.5 Å². The van der Waals surface area contributed by atoms with E-state index in [-0.39, 0.29) is 41.8 Å². The summed E-state index contributed by atoms with van der Waals surface area (Å²) in [6.45, 7) is 1.21. The minimum atomic E-state index is -4.61. The Bertz CT molecular complexity index is 1390. The van der Waals surface area contributed by atoms with E-state index in [9.17, 15) is 31.1 Å². The van der Waals surface area contributed by atoms with E-state index in [0.29, 0.717) is 50.9 Å². The van der Waals surface area contributed by atoms with Crippen LogP contribution in [0.25, 0.3) is 0 Å². The predicted octanol–water partition coefficient (Wildman–Crippen LogP) is 6.16. The number of aromatic nitrogens is 5. The average Bonchev–Trinajstić information content (AvgIpc) is 3.32. The maximum absolute atomic E-state index is 13.8. The largest absolute Gasteiger partial charge is 0.451 e. The van der Waals surface area contributed by atoms with Crippen molar-refractivity contribution in [2.45, 2.75) is 68.9 Å². The van der Waals surface area contributed by atoms with Gasteiger partial charge in [0.2, 0.25) is 11.8 Å². The first-order valence-corrected chi connectivity index (χ1v) is 13.3. The highest BCUT2D eigenvalue weighted by Crippen LogP contribution is 2.46. The first-order valence-electron chi connectivity index (χ1n) is 13.3. The van der Waals surface area contributed by atoms with Gasteiger partial charge in [0.05, 0.1) is 35.1 Å². The lowest BCUT2D eigenvalue weighted by Gasteiger charge is -2.32. The Morgan fingerprint density at radius 2 is 1.61 bits per heavy atom. The van der Waals surface area contributed by atoms with Crippen LogP contribution in [0.1, 0.15) is 89.5 Å². The number of halogens is 7. The van der Waals surface area contributed by atoms with Gasteiger partial charge in [-0.3, -0.25) is 9.48 Å². The van der Waals surface area contributed by atoms with E-state index in [1.165, 1.54) is 18.3 Å². The molecule has 3 fully saturated rings. The van der Waals surface area contributed by atoms with Crippen molar-refractivity contribution in [3.05, 3.63) is 58.7 Å². The lowest BCUT2D eigenvalue weighted by atomic mass is 9.97. The van der Waals surface area contributed by atoms with Crippen LogP contribution in [-0.2, 0) is 12.4 Å². The van der Waals surface area contributed by atoms with Crippen molar-refractivity contribution >= 4 is 24.3 Å². The fourth-order valence-electron chi connectivity index (χ4n) is 5.97. The van der Waals surface area contributed by atoms with Crippen molar-refractivity contribution < 1.29 is 31.1 Å². The highest BCUT2D eigenvalue weighted by atomic mass is 35.5. The molecule has 1 aromatic carbocycles. The summed E-state index contributed by atoms with van der Waals surface area (Å²) in [7, 11) is 0. The zero-order valence-electron chi connectivity index (χ0n) is 21.8. The van der Waals surface area contributed by atoms with Crippen LogP contribution in [0.3, 0.4) is 0 Å². The van der Waals surface area contributed by atoms with Gasteiger partial charge >= 0.3 is 12.4 Å². The number of likely N-dealkylation sites (tertiary alicyclic amines) is 1. The van der Waals surface area contributed by atoms with Gasteiger partial charge < -0.3 is 14.8 Å². The molecule has 2 aromatic heterocycles. The van der Waals surface area contributed by atoms with Gasteiger partial charge in [-0.25, -0.2) is 0 Å². The minimum Gasteiger partial charge on any atom is -0.341 e. The van der Waals surface area contributed by atoms with Crippen molar-refractivity contribution in [1.29, 1.82) is 0 Å². The van der Waals surface area contributed by atoms with Gasteiger partial charge in [0.15, 0.2) is 0 Å². The lowest BCUT2D eigenvalue weighted by Crippen LogP contribution is -2.36. The van der Waals surface area contributed by atoms with E-state index in [0.717, 1.165) is 24.6 Å². The molecule has 1 saturated carbocycles. The van der Waals surface area contributed by atoms with E-state index >= 15 is 0 Å². The number of nitrogens with zero attached hydrogens (tertiary/aromatic N) is 6. The van der Waals surface area contributed by atoms with Crippen LogP contribution in [-0.4, -0.2) is 55.4 Å². The van der Waals surface area contributed by atoms with Gasteiger partial charge in [-0.15, -0.1) is 22.6 Å². The zero-order chi connectivity index (χ0) is 28.2. The second-order valence-electron chi connectivity index (χ2n) is 10.6. The topological polar surface area (TPSA) is 82.9 Å². The highest BCUT2D eigenvalue weighted by molar-refractivity contribution is 5.96. The Balaban J connectivity index is 0.00000337. The molecule has 1 aliphatic carbocycles. The molecule has 0 bridgehead atoms. The van der Waals surface area contributed by atoms with Gasteiger partial charge in [-0.1, -0.05) is 18.2 Å². The van der Waals surface area contributed by atoms with Crippen LogP contribution in [0.5, 0.6) is 0 Å². The molecule has 8 nitrogen and oxygen atoms in total. The third-order valence-corrected chi connectivity index (χ3v) is 8.02. The number of benzene rings is 1. The number of amides is 1. The Morgan fingerprint density at radius 1 is 0.902 bits per heavy atom. The maximum Gasteiger partial charge on any atom is 0.451 e. The molecule has 1 amide bonds. The first-order chi connectivity index (χ1) is 19.0.